The SMILES string of the molecule is CC(C(=O)Nc1ncc(N)cc1Br)c1ccccc1. The third-order valence-electron chi connectivity index (χ3n) is 2.80. The number of hydrogen-bond acceptors (Lipinski definition) is 3. The van der Waals surface area contributed by atoms with Crippen LogP contribution in [-0.2, 0) is 4.79 Å². The highest BCUT2D eigenvalue weighted by Gasteiger charge is 2.16. The van der Waals surface area contributed by atoms with Gasteiger partial charge in [0, 0.05) is 0 Å². The molecule has 4 nitrogen and oxygen atoms in total. The molecule has 0 fully saturated rings. The van der Waals surface area contributed by atoms with E-state index in [0.29, 0.717) is 16.0 Å². The van der Waals surface area contributed by atoms with Crippen molar-refractivity contribution in [3.8, 4) is 0 Å². The summed E-state index contributed by atoms with van der Waals surface area (Å²) in [7, 11) is 0. The number of nitrogen functional groups attached to an aromatic ring is 1. The minimum atomic E-state index is -0.243. The molecule has 1 aromatic heterocycles. The topological polar surface area (TPSA) is 68.0 Å². The number of amides is 1. The highest BCUT2D eigenvalue weighted by atomic mass is 79.9. The highest BCUT2D eigenvalue weighted by Crippen LogP contribution is 2.23. The maximum Gasteiger partial charge on any atom is 0.232 e. The van der Waals surface area contributed by atoms with Crippen molar-refractivity contribution in [2.75, 3.05) is 11.1 Å². The molecule has 19 heavy (non-hydrogen) atoms. The zero-order chi connectivity index (χ0) is 13.8. The Kier molecular flexibility index (Phi) is 4.16. The van der Waals surface area contributed by atoms with Gasteiger partial charge in [0.15, 0.2) is 0 Å². The van der Waals surface area contributed by atoms with Gasteiger partial charge < -0.3 is 11.1 Å². The van der Waals surface area contributed by atoms with E-state index < -0.39 is 0 Å². The van der Waals surface area contributed by atoms with Crippen LogP contribution in [0.25, 0.3) is 0 Å². The smallest absolute Gasteiger partial charge is 0.232 e. The van der Waals surface area contributed by atoms with Crippen LogP contribution in [0.2, 0.25) is 0 Å². The maximum absolute atomic E-state index is 12.1. The summed E-state index contributed by atoms with van der Waals surface area (Å²) >= 11 is 3.32. The molecule has 0 saturated carbocycles. The van der Waals surface area contributed by atoms with E-state index in [9.17, 15) is 4.79 Å². The summed E-state index contributed by atoms with van der Waals surface area (Å²) < 4.78 is 0.668. The van der Waals surface area contributed by atoms with E-state index in [1.807, 2.05) is 37.3 Å². The van der Waals surface area contributed by atoms with E-state index in [-0.39, 0.29) is 11.8 Å². The summed E-state index contributed by atoms with van der Waals surface area (Å²) in [5, 5.41) is 2.78. The molecule has 1 aromatic carbocycles. The molecule has 1 heterocycles. The van der Waals surface area contributed by atoms with Crippen LogP contribution in [-0.4, -0.2) is 10.9 Å². The molecule has 1 atom stereocenters. The van der Waals surface area contributed by atoms with Gasteiger partial charge in [0.2, 0.25) is 5.91 Å². The van der Waals surface area contributed by atoms with Crippen LogP contribution >= 0.6 is 15.9 Å². The second-order valence-corrected chi connectivity index (χ2v) is 5.08. The first-order valence-corrected chi connectivity index (χ1v) is 6.64. The van der Waals surface area contributed by atoms with Gasteiger partial charge in [0.05, 0.1) is 22.3 Å². The fraction of sp³-hybridized carbons (Fsp3) is 0.143. The predicted octanol–water partition coefficient (Wildman–Crippen LogP) is 3.17. The average molecular weight is 320 g/mol. The number of nitrogens with two attached hydrogens (primary N) is 1. The number of pyridine rings is 1. The molecule has 0 saturated heterocycles. The van der Waals surface area contributed by atoms with E-state index in [2.05, 4.69) is 26.2 Å². The lowest BCUT2D eigenvalue weighted by molar-refractivity contribution is -0.117. The summed E-state index contributed by atoms with van der Waals surface area (Å²) in [5.41, 5.74) is 7.11. The molecule has 2 rings (SSSR count). The van der Waals surface area contributed by atoms with Gasteiger partial charge in [-0.15, -0.1) is 0 Å². The van der Waals surface area contributed by atoms with Crippen molar-refractivity contribution in [2.45, 2.75) is 12.8 Å². The van der Waals surface area contributed by atoms with Gasteiger partial charge in [-0.2, -0.15) is 0 Å². The quantitative estimate of drug-likeness (QED) is 0.913. The lowest BCUT2D eigenvalue weighted by Gasteiger charge is -2.13. The summed E-state index contributed by atoms with van der Waals surface area (Å²) in [6.07, 6.45) is 1.51. The van der Waals surface area contributed by atoms with E-state index in [1.54, 1.807) is 6.07 Å². The third kappa shape index (κ3) is 3.32. The molecule has 0 aliphatic carbocycles. The molecular formula is C14H14BrN3O. The Morgan fingerprint density at radius 3 is 2.68 bits per heavy atom. The van der Waals surface area contributed by atoms with Gasteiger partial charge in [-0.1, -0.05) is 30.3 Å². The molecule has 0 radical (unpaired) electrons. The van der Waals surface area contributed by atoms with E-state index >= 15 is 0 Å². The fourth-order valence-corrected chi connectivity index (χ4v) is 2.13. The first-order valence-electron chi connectivity index (χ1n) is 5.84. The average Bonchev–Trinajstić information content (AvgIpc) is 2.42. The number of carbonyl (C=O) groups excluding carboxylic acids is 1. The Morgan fingerprint density at radius 1 is 1.37 bits per heavy atom. The number of hydrogen-bond donors (Lipinski definition) is 2. The van der Waals surface area contributed by atoms with E-state index in [1.165, 1.54) is 6.20 Å². The van der Waals surface area contributed by atoms with Crippen LogP contribution in [0.1, 0.15) is 18.4 Å². The van der Waals surface area contributed by atoms with Gasteiger partial charge in [-0.25, -0.2) is 4.98 Å². The summed E-state index contributed by atoms with van der Waals surface area (Å²) in [6, 6.07) is 11.3. The van der Waals surface area contributed by atoms with E-state index in [4.69, 9.17) is 5.73 Å². The monoisotopic (exact) mass is 319 g/mol. The fourth-order valence-electron chi connectivity index (χ4n) is 1.66. The Bertz CT molecular complexity index is 586. The molecular weight excluding hydrogens is 306 g/mol. The minimum absolute atomic E-state index is 0.107. The molecule has 0 aliphatic rings. The largest absolute Gasteiger partial charge is 0.397 e. The van der Waals surface area contributed by atoms with Crippen molar-refractivity contribution in [3.63, 3.8) is 0 Å². The highest BCUT2D eigenvalue weighted by molar-refractivity contribution is 9.10. The number of halogens is 1. The molecule has 98 valence electrons. The van der Waals surface area contributed by atoms with Crippen LogP contribution in [0.4, 0.5) is 11.5 Å². The normalized spacial score (nSPS) is 11.9. The number of benzene rings is 1. The Balaban J connectivity index is 2.13. The number of carbonyl (C=O) groups is 1. The first kappa shape index (κ1) is 13.5. The van der Waals surface area contributed by atoms with Crippen LogP contribution in [0.3, 0.4) is 0 Å². The molecule has 1 amide bonds. The molecule has 0 spiro atoms. The second kappa shape index (κ2) is 5.84. The van der Waals surface area contributed by atoms with Gasteiger partial charge in [-0.05, 0) is 34.5 Å². The standard InChI is InChI=1S/C14H14BrN3O/c1-9(10-5-3-2-4-6-10)14(19)18-13-12(15)7-11(16)8-17-13/h2-9H,16H2,1H3,(H,17,18,19). The minimum Gasteiger partial charge on any atom is -0.397 e. The number of rotatable bonds is 3. The molecule has 2 aromatic rings. The van der Waals surface area contributed by atoms with Gasteiger partial charge in [0.1, 0.15) is 5.82 Å². The van der Waals surface area contributed by atoms with Gasteiger partial charge >= 0.3 is 0 Å². The lowest BCUT2D eigenvalue weighted by atomic mass is 10.0. The van der Waals surface area contributed by atoms with Crippen molar-refractivity contribution >= 4 is 33.3 Å². The summed E-state index contributed by atoms with van der Waals surface area (Å²) in [6.45, 7) is 1.86. The molecule has 5 heteroatoms. The van der Waals surface area contributed by atoms with Crippen LogP contribution in [0.5, 0.6) is 0 Å². The van der Waals surface area contributed by atoms with Gasteiger partial charge in [0.25, 0.3) is 0 Å². The maximum atomic E-state index is 12.1. The van der Waals surface area contributed by atoms with Crippen molar-refractivity contribution in [1.82, 2.24) is 4.98 Å². The van der Waals surface area contributed by atoms with Crippen LogP contribution < -0.4 is 11.1 Å². The second-order valence-electron chi connectivity index (χ2n) is 4.22. The van der Waals surface area contributed by atoms with Gasteiger partial charge in [-0.3, -0.25) is 4.79 Å². The van der Waals surface area contributed by atoms with Crippen molar-refractivity contribution in [3.05, 3.63) is 52.6 Å². The number of nitrogens with one attached hydrogen (secondary N) is 1. The number of nitrogens with zero attached hydrogens (tertiary/aromatic N) is 1. The molecule has 1 unspecified atom stereocenters. The zero-order valence-corrected chi connectivity index (χ0v) is 12.0. The summed E-state index contributed by atoms with van der Waals surface area (Å²) in [5.74, 6) is 0.124. The third-order valence-corrected chi connectivity index (χ3v) is 3.40. The van der Waals surface area contributed by atoms with Crippen molar-refractivity contribution in [1.29, 1.82) is 0 Å². The first-order chi connectivity index (χ1) is 9.08. The van der Waals surface area contributed by atoms with Crippen molar-refractivity contribution in [2.24, 2.45) is 0 Å². The van der Waals surface area contributed by atoms with E-state index in [0.717, 1.165) is 5.56 Å². The molecule has 0 bridgehead atoms. The molecule has 3 N–H and O–H groups in total. The summed E-state index contributed by atoms with van der Waals surface area (Å²) in [4.78, 5) is 16.2. The van der Waals surface area contributed by atoms with Crippen LogP contribution in [0.15, 0.2) is 47.1 Å². The Labute approximate surface area is 120 Å². The zero-order valence-electron chi connectivity index (χ0n) is 10.4. The van der Waals surface area contributed by atoms with Crippen molar-refractivity contribution < 1.29 is 4.79 Å². The predicted molar refractivity (Wildman–Crippen MR) is 79.8 cm³/mol. The Morgan fingerprint density at radius 2 is 2.05 bits per heavy atom. The lowest BCUT2D eigenvalue weighted by Crippen LogP contribution is -2.19. The van der Waals surface area contributed by atoms with Crippen LogP contribution in [0, 0.1) is 0 Å². The Hall–Kier alpha value is -1.88. The number of aromatic nitrogens is 1. The number of anilines is 2. The molecule has 0 aliphatic heterocycles.